The van der Waals surface area contributed by atoms with E-state index in [1.807, 2.05) is 6.08 Å². The van der Waals surface area contributed by atoms with E-state index >= 15 is 0 Å². The normalized spacial score (nSPS) is 12.7. The number of amides is 1. The molecule has 0 heterocycles. The van der Waals surface area contributed by atoms with Gasteiger partial charge < -0.3 is 20.3 Å². The Hall–Kier alpha value is -2.18. The van der Waals surface area contributed by atoms with E-state index in [9.17, 15) is 19.8 Å². The maximum Gasteiger partial charge on any atom is 0.305 e. The van der Waals surface area contributed by atoms with Crippen LogP contribution in [0.1, 0.15) is 476 Å². The molecule has 0 bridgehead atoms. The molecule has 0 spiro atoms. The van der Waals surface area contributed by atoms with E-state index in [1.54, 1.807) is 6.08 Å². The molecule has 0 saturated heterocycles. The third-order valence-corrected chi connectivity index (χ3v) is 20.1. The van der Waals surface area contributed by atoms with Gasteiger partial charge in [-0.3, -0.25) is 9.59 Å². The van der Waals surface area contributed by atoms with Crippen LogP contribution >= 0.6 is 0 Å². The predicted molar refractivity (Wildman–Crippen MR) is 416 cm³/mol. The second-order valence-corrected chi connectivity index (χ2v) is 29.5. The quantitative estimate of drug-likeness (QED) is 0.0320. The Morgan fingerprint density at radius 3 is 0.840 bits per heavy atom. The molecule has 0 radical (unpaired) electrons. The van der Waals surface area contributed by atoms with Crippen LogP contribution in [0.2, 0.25) is 0 Å². The molecule has 2 atom stereocenters. The van der Waals surface area contributed by atoms with Crippen molar-refractivity contribution in [3.05, 3.63) is 48.6 Å². The summed E-state index contributed by atoms with van der Waals surface area (Å²) in [6, 6.07) is -0.626. The van der Waals surface area contributed by atoms with Crippen molar-refractivity contribution in [1.82, 2.24) is 5.32 Å². The Balaban J connectivity index is 3.34. The van der Waals surface area contributed by atoms with Gasteiger partial charge in [-0.2, -0.15) is 0 Å². The van der Waals surface area contributed by atoms with Crippen molar-refractivity contribution < 1.29 is 24.5 Å². The third kappa shape index (κ3) is 78.8. The van der Waals surface area contributed by atoms with E-state index in [1.165, 1.54) is 398 Å². The minimum Gasteiger partial charge on any atom is -0.466 e. The molecule has 6 heteroatoms. The molecule has 554 valence electrons. The van der Waals surface area contributed by atoms with Crippen molar-refractivity contribution in [3.8, 4) is 0 Å². The minimum absolute atomic E-state index is 0.0151. The molecule has 0 fully saturated rings. The first-order valence-corrected chi connectivity index (χ1v) is 42.9. The number of esters is 1. The second kappa shape index (κ2) is 83.2. The lowest BCUT2D eigenvalue weighted by Gasteiger charge is -2.20. The number of nitrogens with one attached hydrogen (secondary N) is 1. The van der Waals surface area contributed by atoms with Gasteiger partial charge in [0.2, 0.25) is 5.91 Å². The Bertz CT molecular complexity index is 1570. The Morgan fingerprint density at radius 1 is 0.298 bits per heavy atom. The summed E-state index contributed by atoms with van der Waals surface area (Å²) in [6.07, 6.45) is 111. The maximum atomic E-state index is 12.6. The SMILES string of the molecule is CCCCC/C=C\C/C=C\CCCCCCCCCC(=O)OCCCCCCCCCCCCCCCCCCCC/C=C\CCCCCCCCCCCCCCCCCCCC(=O)NC(CO)C(O)/C=C/CCCCCCCCCCCCCCCCCCCCC. The summed E-state index contributed by atoms with van der Waals surface area (Å²) in [4.78, 5) is 24.7. The van der Waals surface area contributed by atoms with Crippen molar-refractivity contribution >= 4 is 11.9 Å². The number of hydrogen-bond donors (Lipinski definition) is 3. The highest BCUT2D eigenvalue weighted by Gasteiger charge is 2.18. The number of aliphatic hydroxyl groups is 2. The summed E-state index contributed by atoms with van der Waals surface area (Å²) in [5.74, 6) is -0.0439. The van der Waals surface area contributed by atoms with Crippen LogP contribution in [0.25, 0.3) is 0 Å². The van der Waals surface area contributed by atoms with Gasteiger partial charge in [0.05, 0.1) is 25.4 Å². The monoisotopic (exact) mass is 1320 g/mol. The highest BCUT2D eigenvalue weighted by molar-refractivity contribution is 5.76. The number of rotatable bonds is 81. The summed E-state index contributed by atoms with van der Waals surface area (Å²) in [5, 5.41) is 23.3. The van der Waals surface area contributed by atoms with Crippen LogP contribution in [0.3, 0.4) is 0 Å². The van der Waals surface area contributed by atoms with Gasteiger partial charge in [0.1, 0.15) is 0 Å². The van der Waals surface area contributed by atoms with Gasteiger partial charge in [0.25, 0.3) is 0 Å². The molecule has 0 aromatic carbocycles. The smallest absolute Gasteiger partial charge is 0.305 e. The van der Waals surface area contributed by atoms with Gasteiger partial charge in [-0.15, -0.1) is 0 Å². The summed E-state index contributed by atoms with van der Waals surface area (Å²) in [7, 11) is 0. The van der Waals surface area contributed by atoms with E-state index in [2.05, 4.69) is 55.6 Å². The van der Waals surface area contributed by atoms with Crippen LogP contribution in [0.5, 0.6) is 0 Å². The van der Waals surface area contributed by atoms with Gasteiger partial charge >= 0.3 is 5.97 Å². The van der Waals surface area contributed by atoms with Crippen LogP contribution in [0.15, 0.2) is 48.6 Å². The zero-order valence-electron chi connectivity index (χ0n) is 63.7. The van der Waals surface area contributed by atoms with E-state index < -0.39 is 12.1 Å². The van der Waals surface area contributed by atoms with Crippen molar-refractivity contribution in [2.45, 2.75) is 488 Å². The van der Waals surface area contributed by atoms with Crippen LogP contribution in [-0.2, 0) is 14.3 Å². The molecule has 3 N–H and O–H groups in total. The number of carbonyl (C=O) groups excluding carboxylic acids is 2. The first-order chi connectivity index (χ1) is 46.5. The second-order valence-electron chi connectivity index (χ2n) is 29.5. The van der Waals surface area contributed by atoms with Crippen molar-refractivity contribution in [2.24, 2.45) is 0 Å². The van der Waals surface area contributed by atoms with Crippen molar-refractivity contribution in [1.29, 1.82) is 0 Å². The van der Waals surface area contributed by atoms with Crippen LogP contribution in [0.4, 0.5) is 0 Å². The molecule has 0 rings (SSSR count). The van der Waals surface area contributed by atoms with Gasteiger partial charge in [0, 0.05) is 12.8 Å². The van der Waals surface area contributed by atoms with E-state index in [4.69, 9.17) is 4.74 Å². The number of carbonyl (C=O) groups is 2. The topological polar surface area (TPSA) is 95.9 Å². The third-order valence-electron chi connectivity index (χ3n) is 20.1. The zero-order chi connectivity index (χ0) is 67.7. The van der Waals surface area contributed by atoms with Gasteiger partial charge in [0.15, 0.2) is 0 Å². The number of allylic oxidation sites excluding steroid dienone is 7. The molecule has 0 aliphatic heterocycles. The number of ether oxygens (including phenoxy) is 1. The van der Waals surface area contributed by atoms with E-state index in [0.717, 1.165) is 51.4 Å². The highest BCUT2D eigenvalue weighted by atomic mass is 16.5. The molecule has 0 aliphatic carbocycles. The largest absolute Gasteiger partial charge is 0.466 e. The Morgan fingerprint density at radius 2 is 0.532 bits per heavy atom. The average Bonchev–Trinajstić information content (AvgIpc) is 3.55. The fourth-order valence-electron chi connectivity index (χ4n) is 13.5. The molecule has 2 unspecified atom stereocenters. The molecule has 0 aromatic heterocycles. The maximum absolute atomic E-state index is 12.6. The van der Waals surface area contributed by atoms with Gasteiger partial charge in [-0.25, -0.2) is 0 Å². The molecule has 6 nitrogen and oxygen atoms in total. The lowest BCUT2D eigenvalue weighted by atomic mass is 10.0. The summed E-state index contributed by atoms with van der Waals surface area (Å²) < 4.78 is 5.51. The Labute approximate surface area is 588 Å². The van der Waals surface area contributed by atoms with Gasteiger partial charge in [-0.1, -0.05) is 422 Å². The first-order valence-electron chi connectivity index (χ1n) is 42.9. The standard InChI is InChI=1S/C88H167NO5/c1-3-5-7-9-11-13-15-17-19-21-22-42-45-49-52-56-60-64-68-72-76-80-86(91)85(84-90)89-87(92)81-77-73-69-65-61-57-53-50-46-43-40-38-36-34-32-30-28-26-24-23-25-27-29-31-33-35-37-39-41-44-47-51-55-59-63-67-71-75-79-83-94-88(93)82-78-74-70-66-62-58-54-48-20-18-16-14-12-10-8-6-4-2/h12,14,18,20,23-24,76,80,85-86,90-91H,3-11,13,15-17,19,21-22,25-75,77-79,81-84H2,1-2H3,(H,89,92)/b14-12-,20-18-,24-23-,80-76+. The van der Waals surface area contributed by atoms with E-state index in [0.29, 0.717) is 19.4 Å². The van der Waals surface area contributed by atoms with Crippen LogP contribution < -0.4 is 5.32 Å². The lowest BCUT2D eigenvalue weighted by Crippen LogP contribution is -2.45. The van der Waals surface area contributed by atoms with Crippen molar-refractivity contribution in [2.75, 3.05) is 13.2 Å². The molecule has 0 aliphatic rings. The molecule has 94 heavy (non-hydrogen) atoms. The van der Waals surface area contributed by atoms with Gasteiger partial charge in [-0.05, 0) is 89.9 Å². The predicted octanol–water partition coefficient (Wildman–Crippen LogP) is 28.7. The number of unbranched alkanes of at least 4 members (excludes halogenated alkanes) is 64. The van der Waals surface area contributed by atoms with Crippen LogP contribution in [-0.4, -0.2) is 47.4 Å². The van der Waals surface area contributed by atoms with Crippen LogP contribution in [0, 0.1) is 0 Å². The molecule has 0 aromatic rings. The van der Waals surface area contributed by atoms with Crippen molar-refractivity contribution in [3.63, 3.8) is 0 Å². The molecule has 1 amide bonds. The fraction of sp³-hybridized carbons (Fsp3) is 0.886. The molecule has 0 saturated carbocycles. The molecular formula is C88H167NO5. The summed E-state index contributed by atoms with van der Waals surface area (Å²) in [5.41, 5.74) is 0. The fourth-order valence-corrected chi connectivity index (χ4v) is 13.5. The number of hydrogen-bond acceptors (Lipinski definition) is 5. The number of aliphatic hydroxyl groups excluding tert-OH is 2. The average molecular weight is 1320 g/mol. The minimum atomic E-state index is -0.843. The zero-order valence-corrected chi connectivity index (χ0v) is 63.7. The Kier molecular flexibility index (Phi) is 81.3. The molecular weight excluding hydrogens is 1150 g/mol. The summed E-state index contributed by atoms with van der Waals surface area (Å²) >= 11 is 0. The van der Waals surface area contributed by atoms with E-state index in [-0.39, 0.29) is 18.5 Å². The first kappa shape index (κ1) is 91.8. The summed E-state index contributed by atoms with van der Waals surface area (Å²) in [6.45, 7) is 4.93. The lowest BCUT2D eigenvalue weighted by molar-refractivity contribution is -0.143. The highest BCUT2D eigenvalue weighted by Crippen LogP contribution is 2.20.